The molecule has 1 amide bonds. The van der Waals surface area contributed by atoms with E-state index < -0.39 is 16.0 Å². The number of hydrogen-bond donors (Lipinski definition) is 0. The number of ether oxygens (including phenoxy) is 2. The smallest absolute Gasteiger partial charge is 0.338 e. The van der Waals surface area contributed by atoms with E-state index in [0.717, 1.165) is 0 Å². The Morgan fingerprint density at radius 2 is 1.61 bits per heavy atom. The molecule has 2 aromatic carbocycles. The van der Waals surface area contributed by atoms with Gasteiger partial charge < -0.3 is 14.4 Å². The van der Waals surface area contributed by atoms with Crippen LogP contribution in [0.2, 0.25) is 5.02 Å². The predicted octanol–water partition coefficient (Wildman–Crippen LogP) is 2.43. The van der Waals surface area contributed by atoms with Gasteiger partial charge in [0.1, 0.15) is 19.0 Å². The lowest BCUT2D eigenvalue weighted by Gasteiger charge is -2.33. The molecule has 1 heterocycles. The van der Waals surface area contributed by atoms with E-state index in [1.165, 1.54) is 35.5 Å². The molecule has 2 aromatic rings. The molecule has 0 unspecified atom stereocenters. The van der Waals surface area contributed by atoms with Crippen LogP contribution < -0.4 is 4.74 Å². The summed E-state index contributed by atoms with van der Waals surface area (Å²) in [6, 6.07) is 12.6. The molecule has 8 nitrogen and oxygen atoms in total. The lowest BCUT2D eigenvalue weighted by molar-refractivity contribution is -0.129. The molecule has 1 fully saturated rings. The van der Waals surface area contributed by atoms with Crippen LogP contribution in [0.5, 0.6) is 5.75 Å². The molecule has 0 aromatic heterocycles. The van der Waals surface area contributed by atoms with Crippen molar-refractivity contribution in [2.75, 3.05) is 39.4 Å². The van der Waals surface area contributed by atoms with Crippen LogP contribution in [-0.2, 0) is 19.6 Å². The summed E-state index contributed by atoms with van der Waals surface area (Å²) >= 11 is 5.99. The van der Waals surface area contributed by atoms with E-state index in [1.807, 2.05) is 0 Å². The Hall–Kier alpha value is -2.62. The van der Waals surface area contributed by atoms with Crippen molar-refractivity contribution in [3.63, 3.8) is 0 Å². The minimum absolute atomic E-state index is 0.0184. The number of esters is 1. The molecule has 31 heavy (non-hydrogen) atoms. The minimum Gasteiger partial charge on any atom is -0.488 e. The second-order valence-corrected chi connectivity index (χ2v) is 9.19. The van der Waals surface area contributed by atoms with Gasteiger partial charge in [-0.15, -0.1) is 0 Å². The van der Waals surface area contributed by atoms with Gasteiger partial charge in [0.05, 0.1) is 15.5 Å². The van der Waals surface area contributed by atoms with E-state index in [1.54, 1.807) is 29.2 Å². The van der Waals surface area contributed by atoms with E-state index in [-0.39, 0.29) is 42.7 Å². The third-order valence-corrected chi connectivity index (χ3v) is 7.05. The van der Waals surface area contributed by atoms with Crippen LogP contribution in [0.25, 0.3) is 0 Å². The Morgan fingerprint density at radius 3 is 2.23 bits per heavy atom. The lowest BCUT2D eigenvalue weighted by Crippen LogP contribution is -2.49. The van der Waals surface area contributed by atoms with Gasteiger partial charge in [0, 0.05) is 33.1 Å². The summed E-state index contributed by atoms with van der Waals surface area (Å²) in [4.78, 5) is 25.3. The van der Waals surface area contributed by atoms with Crippen LogP contribution in [0, 0.1) is 0 Å². The maximum atomic E-state index is 12.8. The molecule has 10 heteroatoms. The molecule has 0 atom stereocenters. The van der Waals surface area contributed by atoms with E-state index in [4.69, 9.17) is 21.1 Å². The maximum Gasteiger partial charge on any atom is 0.338 e. The third-order valence-electron chi connectivity index (χ3n) is 4.82. The highest BCUT2D eigenvalue weighted by Crippen LogP contribution is 2.23. The van der Waals surface area contributed by atoms with Crippen molar-refractivity contribution >= 4 is 33.5 Å². The molecule has 0 saturated carbocycles. The second-order valence-electron chi connectivity index (χ2n) is 6.85. The topological polar surface area (TPSA) is 93.2 Å². The highest BCUT2D eigenvalue weighted by atomic mass is 35.5. The van der Waals surface area contributed by atoms with Crippen LogP contribution in [0.1, 0.15) is 17.3 Å². The van der Waals surface area contributed by atoms with Crippen molar-refractivity contribution in [3.8, 4) is 5.75 Å². The molecular weight excluding hydrogens is 444 g/mol. The van der Waals surface area contributed by atoms with Crippen LogP contribution in [-0.4, -0.2) is 68.9 Å². The zero-order valence-corrected chi connectivity index (χ0v) is 18.6. The van der Waals surface area contributed by atoms with E-state index in [9.17, 15) is 18.0 Å². The largest absolute Gasteiger partial charge is 0.488 e. The normalized spacial score (nSPS) is 14.8. The number of rotatable bonds is 7. The van der Waals surface area contributed by atoms with Crippen LogP contribution >= 0.6 is 11.6 Å². The van der Waals surface area contributed by atoms with Gasteiger partial charge in [0.25, 0.3) is 0 Å². The van der Waals surface area contributed by atoms with Crippen molar-refractivity contribution < 1.29 is 27.5 Å². The first-order valence-electron chi connectivity index (χ1n) is 9.69. The monoisotopic (exact) mass is 466 g/mol. The first kappa shape index (κ1) is 23.1. The molecule has 0 radical (unpaired) electrons. The third kappa shape index (κ3) is 5.75. The molecular formula is C21H23ClN2O6S. The molecule has 0 N–H and O–H groups in total. The number of piperazine rings is 1. The van der Waals surface area contributed by atoms with Crippen LogP contribution in [0.4, 0.5) is 0 Å². The van der Waals surface area contributed by atoms with Gasteiger partial charge in [-0.3, -0.25) is 4.79 Å². The average molecular weight is 467 g/mol. The Morgan fingerprint density at radius 1 is 0.968 bits per heavy atom. The molecule has 0 aliphatic carbocycles. The van der Waals surface area contributed by atoms with Gasteiger partial charge in [-0.2, -0.15) is 4.31 Å². The molecule has 1 aliphatic rings. The summed E-state index contributed by atoms with van der Waals surface area (Å²) in [6.45, 7) is 2.79. The summed E-state index contributed by atoms with van der Waals surface area (Å²) in [5.74, 6) is -0.155. The summed E-state index contributed by atoms with van der Waals surface area (Å²) in [5, 5.41) is 0.466. The fourth-order valence-corrected chi connectivity index (χ4v) is 4.70. The lowest BCUT2D eigenvalue weighted by atomic mass is 10.2. The fraction of sp³-hybridized carbons (Fsp3) is 0.333. The highest BCUT2D eigenvalue weighted by Gasteiger charge is 2.29. The summed E-state index contributed by atoms with van der Waals surface area (Å²) in [7, 11) is -3.70. The van der Waals surface area contributed by atoms with Gasteiger partial charge in [-0.1, -0.05) is 23.7 Å². The predicted molar refractivity (Wildman–Crippen MR) is 115 cm³/mol. The van der Waals surface area contributed by atoms with Crippen LogP contribution in [0.3, 0.4) is 0 Å². The Labute approximate surface area is 186 Å². The number of halogens is 1. The van der Waals surface area contributed by atoms with E-state index in [0.29, 0.717) is 23.9 Å². The molecule has 166 valence electrons. The summed E-state index contributed by atoms with van der Waals surface area (Å²) in [5.41, 5.74) is 0.234. The van der Waals surface area contributed by atoms with Gasteiger partial charge in [-0.25, -0.2) is 13.2 Å². The Bertz CT molecular complexity index is 1030. The number of hydrogen-bond acceptors (Lipinski definition) is 6. The first-order chi connectivity index (χ1) is 14.8. The maximum absolute atomic E-state index is 12.8. The van der Waals surface area contributed by atoms with Gasteiger partial charge in [-0.05, 0) is 36.4 Å². The Kier molecular flexibility index (Phi) is 7.53. The highest BCUT2D eigenvalue weighted by molar-refractivity contribution is 7.89. The van der Waals surface area contributed by atoms with Gasteiger partial charge in [0.2, 0.25) is 15.9 Å². The molecule has 0 bridgehead atoms. The van der Waals surface area contributed by atoms with Crippen molar-refractivity contribution in [1.29, 1.82) is 0 Å². The van der Waals surface area contributed by atoms with Crippen LogP contribution in [0.15, 0.2) is 53.4 Å². The number of nitrogens with zero attached hydrogens (tertiary/aromatic N) is 2. The number of carbonyl (C=O) groups excluding carboxylic acids is 2. The zero-order chi connectivity index (χ0) is 22.4. The van der Waals surface area contributed by atoms with Crippen molar-refractivity contribution in [1.82, 2.24) is 9.21 Å². The second kappa shape index (κ2) is 10.1. The minimum atomic E-state index is -3.70. The van der Waals surface area contributed by atoms with Crippen molar-refractivity contribution in [2.45, 2.75) is 11.8 Å². The first-order valence-corrected chi connectivity index (χ1v) is 11.5. The summed E-state index contributed by atoms with van der Waals surface area (Å²) in [6.07, 6.45) is 0. The van der Waals surface area contributed by atoms with E-state index in [2.05, 4.69) is 0 Å². The number of carbonyl (C=O) groups is 2. The van der Waals surface area contributed by atoms with Crippen molar-refractivity contribution in [2.24, 2.45) is 0 Å². The fourth-order valence-electron chi connectivity index (χ4n) is 3.09. The zero-order valence-electron chi connectivity index (χ0n) is 17.0. The quantitative estimate of drug-likeness (QED) is 0.459. The SMILES string of the molecule is CC(=O)N1CCN(S(=O)(=O)c2ccc(C(=O)OCCOc3ccccc3Cl)cc2)CC1. The van der Waals surface area contributed by atoms with Gasteiger partial charge in [0.15, 0.2) is 0 Å². The standard InChI is InChI=1S/C21H23ClN2O6S/c1-16(25)23-10-12-24(13-11-23)31(27,28)18-8-6-17(7-9-18)21(26)30-15-14-29-20-5-3-2-4-19(20)22/h2-9H,10-15H2,1H3. The number of benzene rings is 2. The number of para-hydroxylation sites is 1. The molecule has 1 saturated heterocycles. The molecule has 0 spiro atoms. The Balaban J connectivity index is 1.52. The number of sulfonamides is 1. The van der Waals surface area contributed by atoms with Gasteiger partial charge >= 0.3 is 5.97 Å². The number of amides is 1. The van der Waals surface area contributed by atoms with E-state index >= 15 is 0 Å². The average Bonchev–Trinajstić information content (AvgIpc) is 2.77. The molecule has 3 rings (SSSR count). The van der Waals surface area contributed by atoms with Crippen molar-refractivity contribution in [3.05, 3.63) is 59.1 Å². The molecule has 1 aliphatic heterocycles. The summed E-state index contributed by atoms with van der Waals surface area (Å²) < 4.78 is 37.6.